The first-order chi connectivity index (χ1) is 55.7. The first-order valence-corrected chi connectivity index (χ1v) is 40.5. The molecule has 0 radical (unpaired) electrons. The third kappa shape index (κ3) is 20.1. The number of nitrogens with zero attached hydrogens (tertiary/aromatic N) is 4. The zero-order valence-corrected chi connectivity index (χ0v) is 68.1. The fourth-order valence-corrected chi connectivity index (χ4v) is 15.7. The van der Waals surface area contributed by atoms with Crippen molar-refractivity contribution in [2.24, 2.45) is 5.41 Å². The van der Waals surface area contributed by atoms with Gasteiger partial charge in [0.25, 0.3) is 0 Å². The maximum atomic E-state index is 13.5. The van der Waals surface area contributed by atoms with Gasteiger partial charge in [0.1, 0.15) is 58.7 Å². The molecule has 0 bridgehead atoms. The van der Waals surface area contributed by atoms with Crippen LogP contribution in [0.3, 0.4) is 0 Å². The second kappa shape index (κ2) is 38.4. The van der Waals surface area contributed by atoms with Crippen molar-refractivity contribution in [3.63, 3.8) is 0 Å². The van der Waals surface area contributed by atoms with E-state index in [1.54, 1.807) is 107 Å². The first kappa shape index (κ1) is 83.3. The number of rotatable bonds is 24. The number of benzene rings is 9. The highest BCUT2D eigenvalue weighted by Gasteiger charge is 2.40. The van der Waals surface area contributed by atoms with Crippen LogP contribution in [0.15, 0.2) is 200 Å². The fraction of sp³-hybridized carbons (Fsp3) is 0.292. The molecule has 0 saturated carbocycles. The van der Waals surface area contributed by atoms with E-state index in [9.17, 15) is 34.8 Å². The standard InChI is InChI=1S/C33H37Cl2N3O3.C29H28Cl2N2O5.C27H24Cl2N2O5/c1-3-17-37(18-4-2)19-5-21-40-26-11-6-23(7-12-26)32-31-28(29-22-25(35)10-15-30(29)36-31)16-20-38(32)33(39)41-27-13-8-24(34)9-14-27;1-29(15-34,16-35)17-37-21-7-2-18(3-8-21)27-26-23(24-14-20(31)6-11-25(24)32-26)12-13-33(27)28(36)38-22-9-4-19(30)5-10-22;28-17-3-8-20(9-4-17)36-27(34)31-12-11-22-23-13-18(29)5-10-24(23)30-25(22)26(31)16-1-6-19(7-2-16)35-21(14-32)15-33/h6-15,22,32,36H,3-5,16-21H2,1-2H3;2-11,14,27,32,34-35H,12-13,15-17H2,1H3;1-10,13,21,26,30,32-33H,11-12,14-15H2/t32-;27-;/m00./s1. The Morgan fingerprint density at radius 2 is 0.739 bits per heavy atom. The molecule has 0 saturated heterocycles. The molecule has 3 aliphatic heterocycles. The Bertz CT molecular complexity index is 5290. The normalized spacial score (nSPS) is 15.2. The van der Waals surface area contributed by atoms with Crippen LogP contribution >= 0.6 is 69.6 Å². The van der Waals surface area contributed by atoms with E-state index in [0.717, 1.165) is 109 Å². The average Bonchev–Trinajstić information content (AvgIpc) is 1.63. The van der Waals surface area contributed by atoms with Crippen LogP contribution in [0, 0.1) is 5.41 Å². The van der Waals surface area contributed by atoms with E-state index >= 15 is 0 Å². The molecule has 0 aliphatic carbocycles. The molecule has 3 aromatic heterocycles. The van der Waals surface area contributed by atoms with E-state index in [1.807, 2.05) is 115 Å². The molecule has 26 heteroatoms. The number of aromatic nitrogens is 3. The number of aromatic amines is 3. The first-order valence-electron chi connectivity index (χ1n) is 38.2. The predicted octanol–water partition coefficient (Wildman–Crippen LogP) is 19.9. The molecular formula is C89H89Cl6N7O13. The number of carbonyl (C=O) groups is 3. The van der Waals surface area contributed by atoms with Gasteiger partial charge in [-0.05, 0) is 249 Å². The number of nitrogens with one attached hydrogen (secondary N) is 3. The lowest BCUT2D eigenvalue weighted by molar-refractivity contribution is 0.0287. The minimum atomic E-state index is -0.745. The summed E-state index contributed by atoms with van der Waals surface area (Å²) >= 11 is 36.9. The fourth-order valence-electron chi connectivity index (χ4n) is 14.8. The van der Waals surface area contributed by atoms with Crippen LogP contribution < -0.4 is 28.4 Å². The molecule has 1 unspecified atom stereocenters. The molecule has 15 rings (SSSR count). The average molecular weight is 1680 g/mol. The molecule has 3 aliphatic rings. The van der Waals surface area contributed by atoms with Crippen molar-refractivity contribution in [3.8, 4) is 34.5 Å². The van der Waals surface area contributed by atoms with Crippen molar-refractivity contribution in [3.05, 3.63) is 281 Å². The third-order valence-corrected chi connectivity index (χ3v) is 22.1. The number of hydrogen-bond acceptors (Lipinski definition) is 14. The van der Waals surface area contributed by atoms with E-state index in [4.69, 9.17) is 98.0 Å². The summed E-state index contributed by atoms with van der Waals surface area (Å²) in [5, 5.41) is 44.5. The largest absolute Gasteiger partial charge is 0.494 e. The molecule has 600 valence electrons. The van der Waals surface area contributed by atoms with Crippen molar-refractivity contribution < 1.29 is 63.2 Å². The summed E-state index contributed by atoms with van der Waals surface area (Å²) in [5.74, 6) is 3.18. The Kier molecular flexibility index (Phi) is 27.8. The van der Waals surface area contributed by atoms with Gasteiger partial charge in [-0.3, -0.25) is 14.7 Å². The Morgan fingerprint density at radius 3 is 1.06 bits per heavy atom. The van der Waals surface area contributed by atoms with E-state index in [1.165, 1.54) is 18.4 Å². The Balaban J connectivity index is 0.000000151. The van der Waals surface area contributed by atoms with Crippen LogP contribution in [0.25, 0.3) is 32.7 Å². The van der Waals surface area contributed by atoms with Gasteiger partial charge >= 0.3 is 18.3 Å². The zero-order valence-electron chi connectivity index (χ0n) is 63.6. The number of amides is 3. The van der Waals surface area contributed by atoms with Gasteiger partial charge in [-0.1, -0.05) is 127 Å². The number of halogens is 6. The molecule has 115 heavy (non-hydrogen) atoms. The second-order valence-electron chi connectivity index (χ2n) is 28.9. The second-order valence-corrected chi connectivity index (χ2v) is 31.5. The lowest BCUT2D eigenvalue weighted by Gasteiger charge is -2.35. The van der Waals surface area contributed by atoms with Crippen LogP contribution in [0.2, 0.25) is 30.1 Å². The van der Waals surface area contributed by atoms with Crippen LogP contribution in [0.1, 0.15) is 109 Å². The van der Waals surface area contributed by atoms with Crippen LogP contribution in [-0.2, 0) is 19.3 Å². The number of carbonyl (C=O) groups excluding carboxylic acids is 3. The van der Waals surface area contributed by atoms with Gasteiger partial charge < -0.3 is 68.7 Å². The summed E-state index contributed by atoms with van der Waals surface area (Å²) < 4.78 is 34.7. The van der Waals surface area contributed by atoms with Crippen molar-refractivity contribution in [2.75, 3.05) is 78.9 Å². The van der Waals surface area contributed by atoms with Crippen molar-refractivity contribution in [1.29, 1.82) is 0 Å². The number of aliphatic hydroxyl groups excluding tert-OH is 4. The molecule has 7 N–H and O–H groups in total. The predicted molar refractivity (Wildman–Crippen MR) is 452 cm³/mol. The van der Waals surface area contributed by atoms with Crippen molar-refractivity contribution in [2.45, 2.75) is 83.5 Å². The smallest absolute Gasteiger partial charge is 0.416 e. The van der Waals surface area contributed by atoms with E-state index in [2.05, 4.69) is 33.7 Å². The lowest BCUT2D eigenvalue weighted by atomic mass is 9.92. The van der Waals surface area contributed by atoms with Crippen molar-refractivity contribution in [1.82, 2.24) is 34.6 Å². The molecule has 3 amide bonds. The molecule has 20 nitrogen and oxygen atoms in total. The summed E-state index contributed by atoms with van der Waals surface area (Å²) in [5.41, 5.74) is 11.0. The van der Waals surface area contributed by atoms with E-state index in [-0.39, 0.29) is 39.1 Å². The van der Waals surface area contributed by atoms with Gasteiger partial charge in [-0.25, -0.2) is 14.4 Å². The summed E-state index contributed by atoms with van der Waals surface area (Å²) in [4.78, 5) is 58.5. The summed E-state index contributed by atoms with van der Waals surface area (Å²) in [6.45, 7) is 10.7. The maximum Gasteiger partial charge on any atom is 0.416 e. The number of fused-ring (bicyclic) bond motifs is 9. The van der Waals surface area contributed by atoms with E-state index in [0.29, 0.717) is 104 Å². The van der Waals surface area contributed by atoms with E-state index < -0.39 is 41.9 Å². The van der Waals surface area contributed by atoms with Gasteiger partial charge in [0.05, 0.1) is 39.6 Å². The Labute approximate surface area is 696 Å². The van der Waals surface area contributed by atoms with Gasteiger partial charge in [-0.15, -0.1) is 0 Å². The van der Waals surface area contributed by atoms with Crippen LogP contribution in [0.5, 0.6) is 34.5 Å². The molecular weight excluding hydrogens is 1590 g/mol. The summed E-state index contributed by atoms with van der Waals surface area (Å²) in [6.07, 6.45) is 3.21. The minimum Gasteiger partial charge on any atom is -0.494 e. The number of aliphatic hydroxyl groups is 4. The summed E-state index contributed by atoms with van der Waals surface area (Å²) in [7, 11) is 0. The highest BCUT2D eigenvalue weighted by molar-refractivity contribution is 6.32. The topological polar surface area (TPSA) is 248 Å². The van der Waals surface area contributed by atoms with Gasteiger partial charge in [0, 0.05) is 112 Å². The summed E-state index contributed by atoms with van der Waals surface area (Å²) in [6, 6.07) is 58.9. The zero-order chi connectivity index (χ0) is 80.9. The molecule has 9 aromatic carbocycles. The van der Waals surface area contributed by atoms with Crippen LogP contribution in [-0.4, -0.2) is 158 Å². The van der Waals surface area contributed by atoms with Gasteiger partial charge in [0.15, 0.2) is 0 Å². The number of ether oxygens (including phenoxy) is 6. The molecule has 12 aromatic rings. The molecule has 0 spiro atoms. The Morgan fingerprint density at radius 1 is 0.426 bits per heavy atom. The SMILES string of the molecule is CC(CO)(CO)COc1ccc([C@H]2c3[nH]c4ccc(Cl)cc4c3CCN2C(=O)Oc2ccc(Cl)cc2)cc1.CCCN(CCC)CCCOc1ccc([C@H]2c3[nH]c4ccc(Cl)cc4c3CCN2C(=O)Oc2ccc(Cl)cc2)cc1.O=C(Oc1ccc(Cl)cc1)N1CCc2c([nH]c3ccc(Cl)cc23)C1c1ccc(OC(CO)CO)cc1. The van der Waals surface area contributed by atoms with Crippen molar-refractivity contribution >= 4 is 121 Å². The third-order valence-electron chi connectivity index (χ3n) is 20.6. The van der Waals surface area contributed by atoms with Gasteiger partial charge in [0.2, 0.25) is 0 Å². The molecule has 3 atom stereocenters. The maximum absolute atomic E-state index is 13.5. The van der Waals surface area contributed by atoms with Gasteiger partial charge in [-0.2, -0.15) is 0 Å². The number of H-pyrrole nitrogens is 3. The monoisotopic (exact) mass is 1670 g/mol. The van der Waals surface area contributed by atoms with Crippen LogP contribution in [0.4, 0.5) is 14.4 Å². The molecule has 0 fully saturated rings. The molecule has 6 heterocycles. The minimum absolute atomic E-state index is 0.162. The lowest BCUT2D eigenvalue weighted by Crippen LogP contribution is -2.42. The highest BCUT2D eigenvalue weighted by atomic mass is 35.5. The Hall–Kier alpha value is -9.65. The highest BCUT2D eigenvalue weighted by Crippen LogP contribution is 2.45. The number of hydrogen-bond donors (Lipinski definition) is 7. The quantitative estimate of drug-likeness (QED) is 0.0278.